The van der Waals surface area contributed by atoms with Crippen molar-refractivity contribution in [2.24, 2.45) is 0 Å². The van der Waals surface area contributed by atoms with E-state index in [0.29, 0.717) is 0 Å². The van der Waals surface area contributed by atoms with Crippen molar-refractivity contribution >= 4 is 11.8 Å². The molecule has 0 saturated carbocycles. The molecule has 44 valence electrons. The smallest absolute Gasteiger partial charge is 0.00551 e. The largest absolute Gasteiger partial charge is 0.115 e. The van der Waals surface area contributed by atoms with Crippen LogP contribution in [0, 0.1) is 24.7 Å². The fraction of sp³-hybridized carbons (Fsp3) is 0. The van der Waals surface area contributed by atoms with E-state index in [-0.39, 0.29) is 0 Å². The number of hydrogen-bond donors (Lipinski definition) is 0. The normalized spacial score (nSPS) is 9.56. The molecule has 0 spiro atoms. The maximum atomic E-state index is 4.93. The summed E-state index contributed by atoms with van der Waals surface area (Å²) < 4.78 is 0. The first-order chi connectivity index (χ1) is 4.41. The van der Waals surface area contributed by atoms with Gasteiger partial charge in [-0.05, 0) is 23.0 Å². The molecule has 0 atom stereocenters. The van der Waals surface area contributed by atoms with E-state index in [9.17, 15) is 0 Å². The van der Waals surface area contributed by atoms with Crippen molar-refractivity contribution in [3.8, 4) is 24.7 Å². The van der Waals surface area contributed by atoms with Crippen LogP contribution in [0.1, 0.15) is 0 Å². The van der Waals surface area contributed by atoms with Crippen LogP contribution in [0.5, 0.6) is 0 Å². The van der Waals surface area contributed by atoms with Gasteiger partial charge in [-0.1, -0.05) is 11.8 Å². The molecule has 0 aromatic rings. The molecule has 0 aliphatic rings. The lowest BCUT2D eigenvalue weighted by Gasteiger charge is -1.73. The second kappa shape index (κ2) is 6.95. The van der Waals surface area contributed by atoms with E-state index in [1.165, 1.54) is 11.8 Å². The minimum absolute atomic E-state index is 1.46. The van der Waals surface area contributed by atoms with Gasteiger partial charge in [0.1, 0.15) is 0 Å². The molecule has 0 radical (unpaired) electrons. The second-order valence-corrected chi connectivity index (χ2v) is 1.89. The molecule has 0 aliphatic carbocycles. The van der Waals surface area contributed by atoms with E-state index < -0.39 is 0 Å². The first-order valence-corrected chi connectivity index (χ1v) is 3.24. The average molecular weight is 134 g/mol. The zero-order chi connectivity index (χ0) is 6.95. The van der Waals surface area contributed by atoms with Gasteiger partial charge < -0.3 is 0 Å². The summed E-state index contributed by atoms with van der Waals surface area (Å²) in [5, 5.41) is 3.57. The Kier molecular flexibility index (Phi) is 6.14. The van der Waals surface area contributed by atoms with Gasteiger partial charge in [0, 0.05) is 0 Å². The van der Waals surface area contributed by atoms with Gasteiger partial charge in [0.15, 0.2) is 0 Å². The Hall–Kier alpha value is -1.05. The number of thioether (sulfide) groups is 1. The average Bonchev–Trinajstić information content (AvgIpc) is 1.89. The van der Waals surface area contributed by atoms with Crippen molar-refractivity contribution in [2.75, 3.05) is 0 Å². The molecule has 0 rings (SSSR count). The van der Waals surface area contributed by atoms with Crippen LogP contribution in [0.4, 0.5) is 0 Å². The van der Waals surface area contributed by atoms with Gasteiger partial charge in [0.2, 0.25) is 0 Å². The first kappa shape index (κ1) is 7.95. The third-order valence-electron chi connectivity index (χ3n) is 0.486. The summed E-state index contributed by atoms with van der Waals surface area (Å²) in [7, 11) is 0. The van der Waals surface area contributed by atoms with Crippen molar-refractivity contribution in [3.63, 3.8) is 0 Å². The van der Waals surface area contributed by atoms with Crippen molar-refractivity contribution in [2.45, 2.75) is 0 Å². The lowest BCUT2D eigenvalue weighted by atomic mass is 10.7. The summed E-state index contributed by atoms with van der Waals surface area (Å²) in [5.74, 6) is 4.72. The van der Waals surface area contributed by atoms with Crippen LogP contribution in [-0.2, 0) is 0 Å². The Morgan fingerprint density at radius 3 is 1.78 bits per heavy atom. The molecule has 9 heavy (non-hydrogen) atoms. The third-order valence-corrected chi connectivity index (χ3v) is 1.07. The lowest BCUT2D eigenvalue weighted by Crippen LogP contribution is -1.44. The zero-order valence-corrected chi connectivity index (χ0v) is 5.69. The first-order valence-electron chi connectivity index (χ1n) is 2.29. The second-order valence-electron chi connectivity index (χ2n) is 1.07. The Morgan fingerprint density at radius 2 is 1.44 bits per heavy atom. The molecule has 0 saturated heterocycles. The van der Waals surface area contributed by atoms with Crippen LogP contribution in [0.3, 0.4) is 0 Å². The highest BCUT2D eigenvalue weighted by Crippen LogP contribution is 2.01. The predicted octanol–water partition coefficient (Wildman–Crippen LogP) is 2.01. The summed E-state index contributed by atoms with van der Waals surface area (Å²) in [6.45, 7) is 0. The minimum atomic E-state index is 1.46. The van der Waals surface area contributed by atoms with Gasteiger partial charge in [-0.15, -0.1) is 24.6 Å². The molecule has 0 N–H and O–H groups in total. The summed E-state index contributed by atoms with van der Waals surface area (Å²) >= 11 is 1.46. The van der Waals surface area contributed by atoms with E-state index >= 15 is 0 Å². The zero-order valence-electron chi connectivity index (χ0n) is 4.87. The molecule has 0 aliphatic heterocycles. The van der Waals surface area contributed by atoms with Crippen molar-refractivity contribution < 1.29 is 0 Å². The number of allylic oxidation sites excluding steroid dienone is 2. The Morgan fingerprint density at radius 1 is 1.00 bits per heavy atom. The van der Waals surface area contributed by atoms with Crippen LogP contribution in [0.25, 0.3) is 0 Å². The quantitative estimate of drug-likeness (QED) is 0.520. The molecule has 0 heterocycles. The van der Waals surface area contributed by atoms with Crippen LogP contribution in [0.2, 0.25) is 0 Å². The Bertz CT molecular complexity index is 164. The summed E-state index contributed by atoms with van der Waals surface area (Å²) in [6.07, 6.45) is 13.1. The molecule has 0 bridgehead atoms. The fourth-order valence-electron chi connectivity index (χ4n) is 0.202. The van der Waals surface area contributed by atoms with Crippen LogP contribution in [0.15, 0.2) is 23.0 Å². The topological polar surface area (TPSA) is 0 Å². The van der Waals surface area contributed by atoms with Gasteiger partial charge in [0.05, 0.1) is 0 Å². The van der Waals surface area contributed by atoms with E-state index in [2.05, 4.69) is 11.8 Å². The van der Waals surface area contributed by atoms with Crippen LogP contribution in [-0.4, -0.2) is 0 Å². The molecule has 0 nitrogen and oxygen atoms in total. The van der Waals surface area contributed by atoms with Crippen LogP contribution >= 0.6 is 11.8 Å². The van der Waals surface area contributed by atoms with Crippen molar-refractivity contribution in [3.05, 3.63) is 23.0 Å². The van der Waals surface area contributed by atoms with Crippen molar-refractivity contribution in [1.82, 2.24) is 0 Å². The predicted molar refractivity (Wildman–Crippen MR) is 43.5 cm³/mol. The lowest BCUT2D eigenvalue weighted by molar-refractivity contribution is 2.25. The summed E-state index contributed by atoms with van der Waals surface area (Å²) in [5.41, 5.74) is 0. The van der Waals surface area contributed by atoms with Gasteiger partial charge in [-0.2, -0.15) is 0 Å². The van der Waals surface area contributed by atoms with Gasteiger partial charge >= 0.3 is 0 Å². The van der Waals surface area contributed by atoms with Gasteiger partial charge in [-0.3, -0.25) is 0 Å². The fourth-order valence-corrected chi connectivity index (χ4v) is 0.607. The van der Waals surface area contributed by atoms with Crippen LogP contribution < -0.4 is 0 Å². The molecule has 0 aromatic carbocycles. The highest BCUT2D eigenvalue weighted by atomic mass is 32.2. The summed E-state index contributed by atoms with van der Waals surface area (Å²) in [6, 6.07) is 0. The summed E-state index contributed by atoms with van der Waals surface area (Å²) in [4.78, 5) is 0. The molecule has 0 aromatic heterocycles. The van der Waals surface area contributed by atoms with Crippen molar-refractivity contribution in [1.29, 1.82) is 0 Å². The van der Waals surface area contributed by atoms with E-state index in [1.807, 2.05) is 0 Å². The minimum Gasteiger partial charge on any atom is -0.115 e. The third kappa shape index (κ3) is 6.95. The Balaban J connectivity index is 3.35. The standard InChI is InChI=1S/C8H6S/c1-3-5-7-9-8-6-4-2/h1-2,5-8H. The molecule has 1 heteroatoms. The molecular weight excluding hydrogens is 128 g/mol. The SMILES string of the molecule is C#CC=CSC=CC#C. The van der Waals surface area contributed by atoms with E-state index in [0.717, 1.165) is 0 Å². The monoisotopic (exact) mass is 134 g/mol. The maximum Gasteiger partial charge on any atom is -0.00551 e. The number of hydrogen-bond acceptors (Lipinski definition) is 1. The maximum absolute atomic E-state index is 4.93. The van der Waals surface area contributed by atoms with E-state index in [1.54, 1.807) is 23.0 Å². The van der Waals surface area contributed by atoms with E-state index in [4.69, 9.17) is 12.8 Å². The molecule has 0 unspecified atom stereocenters. The van der Waals surface area contributed by atoms with Gasteiger partial charge in [-0.25, -0.2) is 0 Å². The molecule has 0 amide bonds. The highest BCUT2D eigenvalue weighted by molar-refractivity contribution is 8.04. The highest BCUT2D eigenvalue weighted by Gasteiger charge is 1.64. The number of terminal acetylenes is 2. The Labute approximate surface area is 60.0 Å². The number of rotatable bonds is 2. The molecular formula is C8H6S. The molecule has 0 fully saturated rings. The van der Waals surface area contributed by atoms with Gasteiger partial charge in [0.25, 0.3) is 0 Å².